The van der Waals surface area contributed by atoms with Crippen LogP contribution in [0.3, 0.4) is 0 Å². The topological polar surface area (TPSA) is 59.8 Å². The first-order valence-electron chi connectivity index (χ1n) is 9.15. The van der Waals surface area contributed by atoms with E-state index in [0.29, 0.717) is 31.7 Å². The number of amides is 1. The molecule has 31 heavy (non-hydrogen) atoms. The number of carbonyl (C=O) groups is 1. The molecule has 4 rings (SSSR count). The minimum atomic E-state index is -0.165. The Morgan fingerprint density at radius 3 is 2.23 bits per heavy atom. The van der Waals surface area contributed by atoms with Crippen LogP contribution in [0.5, 0.6) is 0 Å². The highest BCUT2D eigenvalue weighted by Crippen LogP contribution is 2.30. The van der Waals surface area contributed by atoms with E-state index in [1.807, 2.05) is 34.9 Å². The minimum absolute atomic E-state index is 0.157. The molecule has 0 aliphatic heterocycles. The van der Waals surface area contributed by atoms with Crippen molar-refractivity contribution in [2.75, 3.05) is 11.1 Å². The zero-order valence-corrected chi connectivity index (χ0v) is 19.0. The zero-order valence-electron chi connectivity index (χ0n) is 15.9. The Hall–Kier alpha value is -2.51. The second kappa shape index (κ2) is 9.75. The van der Waals surface area contributed by atoms with Gasteiger partial charge in [-0.15, -0.1) is 10.2 Å². The van der Waals surface area contributed by atoms with Crippen molar-refractivity contribution in [1.82, 2.24) is 14.8 Å². The molecule has 1 aromatic heterocycles. The Balaban J connectivity index is 1.60. The predicted octanol–water partition coefficient (Wildman–Crippen LogP) is 6.63. The highest BCUT2D eigenvalue weighted by Gasteiger charge is 2.17. The Morgan fingerprint density at radius 1 is 0.871 bits per heavy atom. The SMILES string of the molecule is O=C(CSc1nnc(-c2cccc(Cl)c2)n1-c1ccc(Cl)cc1)Nc1ccc(Cl)cc1. The standard InChI is InChI=1S/C22H15Cl3N4OS/c23-15-4-8-18(9-5-15)26-20(30)13-31-22-28-27-21(14-2-1-3-17(25)12-14)29(22)19-10-6-16(24)7-11-19/h1-12H,13H2,(H,26,30). The maximum Gasteiger partial charge on any atom is 0.234 e. The van der Waals surface area contributed by atoms with E-state index in [4.69, 9.17) is 34.8 Å². The molecule has 0 aliphatic carbocycles. The molecule has 0 saturated heterocycles. The van der Waals surface area contributed by atoms with Gasteiger partial charge in [0.05, 0.1) is 5.75 Å². The molecule has 0 atom stereocenters. The number of anilines is 1. The van der Waals surface area contributed by atoms with E-state index in [2.05, 4.69) is 15.5 Å². The first-order chi connectivity index (χ1) is 15.0. The van der Waals surface area contributed by atoms with Gasteiger partial charge in [-0.25, -0.2) is 0 Å². The van der Waals surface area contributed by atoms with Gasteiger partial charge in [-0.2, -0.15) is 0 Å². The van der Waals surface area contributed by atoms with Gasteiger partial charge in [0, 0.05) is 32.0 Å². The smallest absolute Gasteiger partial charge is 0.234 e. The average molecular weight is 490 g/mol. The van der Waals surface area contributed by atoms with Crippen LogP contribution in [0, 0.1) is 0 Å². The van der Waals surface area contributed by atoms with Crippen molar-refractivity contribution in [3.8, 4) is 17.1 Å². The van der Waals surface area contributed by atoms with Gasteiger partial charge < -0.3 is 5.32 Å². The first-order valence-corrected chi connectivity index (χ1v) is 11.3. The summed E-state index contributed by atoms with van der Waals surface area (Å²) in [5, 5.41) is 13.9. The summed E-state index contributed by atoms with van der Waals surface area (Å²) in [7, 11) is 0. The molecular weight excluding hydrogens is 475 g/mol. The van der Waals surface area contributed by atoms with Crippen molar-refractivity contribution in [3.63, 3.8) is 0 Å². The van der Waals surface area contributed by atoms with E-state index in [9.17, 15) is 4.79 Å². The van der Waals surface area contributed by atoms with Crippen molar-refractivity contribution < 1.29 is 4.79 Å². The van der Waals surface area contributed by atoms with E-state index >= 15 is 0 Å². The van der Waals surface area contributed by atoms with E-state index in [-0.39, 0.29) is 11.7 Å². The number of carbonyl (C=O) groups excluding carboxylic acids is 1. The van der Waals surface area contributed by atoms with Crippen LogP contribution >= 0.6 is 46.6 Å². The van der Waals surface area contributed by atoms with Crippen molar-refractivity contribution in [1.29, 1.82) is 0 Å². The Bertz CT molecular complexity index is 1210. The molecule has 0 aliphatic rings. The zero-order chi connectivity index (χ0) is 21.8. The number of benzene rings is 3. The van der Waals surface area contributed by atoms with Crippen molar-refractivity contribution in [3.05, 3.63) is 87.9 Å². The summed E-state index contributed by atoms with van der Waals surface area (Å²) >= 11 is 19.4. The van der Waals surface area contributed by atoms with Crippen LogP contribution in [0.2, 0.25) is 15.1 Å². The second-order valence-electron chi connectivity index (χ2n) is 6.47. The summed E-state index contributed by atoms with van der Waals surface area (Å²) in [6.07, 6.45) is 0. The maximum absolute atomic E-state index is 12.4. The molecule has 156 valence electrons. The maximum atomic E-state index is 12.4. The summed E-state index contributed by atoms with van der Waals surface area (Å²) in [5.74, 6) is 0.608. The van der Waals surface area contributed by atoms with Crippen molar-refractivity contribution in [2.45, 2.75) is 5.16 Å². The van der Waals surface area contributed by atoms with Crippen LogP contribution < -0.4 is 5.32 Å². The van der Waals surface area contributed by atoms with Gasteiger partial charge in [-0.1, -0.05) is 58.7 Å². The molecule has 0 fully saturated rings. The predicted molar refractivity (Wildman–Crippen MR) is 128 cm³/mol. The van der Waals surface area contributed by atoms with E-state index < -0.39 is 0 Å². The quantitative estimate of drug-likeness (QED) is 0.309. The molecule has 1 heterocycles. The van der Waals surface area contributed by atoms with Crippen LogP contribution in [0.25, 0.3) is 17.1 Å². The molecule has 0 spiro atoms. The van der Waals surface area contributed by atoms with E-state index in [1.54, 1.807) is 42.5 Å². The van der Waals surface area contributed by atoms with Crippen LogP contribution in [0.1, 0.15) is 0 Å². The number of nitrogens with one attached hydrogen (secondary N) is 1. The summed E-state index contributed by atoms with van der Waals surface area (Å²) in [4.78, 5) is 12.4. The Morgan fingerprint density at radius 2 is 1.55 bits per heavy atom. The van der Waals surface area contributed by atoms with Gasteiger partial charge in [0.2, 0.25) is 5.91 Å². The molecule has 0 saturated carbocycles. The van der Waals surface area contributed by atoms with Crippen LogP contribution in [-0.2, 0) is 4.79 Å². The summed E-state index contributed by atoms with van der Waals surface area (Å²) in [5.41, 5.74) is 2.31. The molecule has 3 aromatic carbocycles. The summed E-state index contributed by atoms with van der Waals surface area (Å²) < 4.78 is 1.88. The largest absolute Gasteiger partial charge is 0.325 e. The number of hydrogen-bond donors (Lipinski definition) is 1. The lowest BCUT2D eigenvalue weighted by Crippen LogP contribution is -2.14. The highest BCUT2D eigenvalue weighted by atomic mass is 35.5. The number of rotatable bonds is 6. The lowest BCUT2D eigenvalue weighted by atomic mass is 10.2. The highest BCUT2D eigenvalue weighted by molar-refractivity contribution is 7.99. The molecule has 9 heteroatoms. The fraction of sp³-hybridized carbons (Fsp3) is 0.0455. The molecule has 1 amide bonds. The number of hydrogen-bond acceptors (Lipinski definition) is 4. The number of thioether (sulfide) groups is 1. The van der Waals surface area contributed by atoms with E-state index in [0.717, 1.165) is 11.3 Å². The molecule has 0 radical (unpaired) electrons. The third-order valence-corrected chi connectivity index (χ3v) is 5.93. The molecular formula is C22H15Cl3N4OS. The monoisotopic (exact) mass is 488 g/mol. The molecule has 0 unspecified atom stereocenters. The van der Waals surface area contributed by atoms with Gasteiger partial charge in [0.1, 0.15) is 0 Å². The molecule has 0 bridgehead atoms. The third-order valence-electron chi connectivity index (χ3n) is 4.26. The molecule has 4 aromatic rings. The Kier molecular flexibility index (Phi) is 6.83. The van der Waals surface area contributed by atoms with Gasteiger partial charge in [0.15, 0.2) is 11.0 Å². The van der Waals surface area contributed by atoms with Crippen LogP contribution in [-0.4, -0.2) is 26.4 Å². The number of nitrogens with zero attached hydrogens (tertiary/aromatic N) is 3. The molecule has 1 N–H and O–H groups in total. The van der Waals surface area contributed by atoms with Crippen LogP contribution in [0.4, 0.5) is 5.69 Å². The van der Waals surface area contributed by atoms with Crippen LogP contribution in [0.15, 0.2) is 78.0 Å². The molecule has 5 nitrogen and oxygen atoms in total. The normalized spacial score (nSPS) is 10.8. The lowest BCUT2D eigenvalue weighted by molar-refractivity contribution is -0.113. The lowest BCUT2D eigenvalue weighted by Gasteiger charge is -2.11. The van der Waals surface area contributed by atoms with Gasteiger partial charge in [0.25, 0.3) is 0 Å². The summed E-state index contributed by atoms with van der Waals surface area (Å²) in [6.45, 7) is 0. The van der Waals surface area contributed by atoms with Gasteiger partial charge in [-0.05, 0) is 60.7 Å². The second-order valence-corrected chi connectivity index (χ2v) is 8.72. The number of halogens is 3. The van der Waals surface area contributed by atoms with E-state index in [1.165, 1.54) is 11.8 Å². The fourth-order valence-electron chi connectivity index (χ4n) is 2.86. The first kappa shape index (κ1) is 21.7. The minimum Gasteiger partial charge on any atom is -0.325 e. The fourth-order valence-corrected chi connectivity index (χ4v) is 4.06. The average Bonchev–Trinajstić information content (AvgIpc) is 3.18. The third kappa shape index (κ3) is 5.40. The van der Waals surface area contributed by atoms with Gasteiger partial charge >= 0.3 is 0 Å². The van der Waals surface area contributed by atoms with Crippen molar-refractivity contribution >= 4 is 58.2 Å². The van der Waals surface area contributed by atoms with Gasteiger partial charge in [-0.3, -0.25) is 9.36 Å². The number of aromatic nitrogens is 3. The summed E-state index contributed by atoms with van der Waals surface area (Å²) in [6, 6.07) is 21.6. The Labute approximate surface area is 198 Å². The van der Waals surface area contributed by atoms with Crippen molar-refractivity contribution in [2.24, 2.45) is 0 Å².